The third kappa shape index (κ3) is 2.64. The summed E-state index contributed by atoms with van der Waals surface area (Å²) in [6.07, 6.45) is 0.857. The van der Waals surface area contributed by atoms with Crippen LogP contribution in [0.3, 0.4) is 0 Å². The van der Waals surface area contributed by atoms with E-state index >= 15 is 0 Å². The monoisotopic (exact) mass is 263 g/mol. The van der Waals surface area contributed by atoms with E-state index in [2.05, 4.69) is 0 Å². The molecular weight excluding hydrogens is 244 g/mol. The molecule has 1 heterocycles. The van der Waals surface area contributed by atoms with E-state index in [-0.39, 0.29) is 17.9 Å². The van der Waals surface area contributed by atoms with E-state index in [4.69, 9.17) is 9.84 Å². The number of carbonyl (C=O) groups is 1. The van der Waals surface area contributed by atoms with Crippen molar-refractivity contribution in [3.05, 3.63) is 0 Å². The predicted octanol–water partition coefficient (Wildman–Crippen LogP) is 1.03. The predicted molar refractivity (Wildman–Crippen MR) is 60.3 cm³/mol. The van der Waals surface area contributed by atoms with Crippen LogP contribution in [-0.2, 0) is 9.53 Å². The molecule has 4 nitrogen and oxygen atoms in total. The first-order valence-electron chi connectivity index (χ1n) is 6.37. The van der Waals surface area contributed by atoms with Crippen LogP contribution in [0.5, 0.6) is 0 Å². The first-order valence-corrected chi connectivity index (χ1v) is 6.37. The smallest absolute Gasteiger partial charge is 0.267 e. The van der Waals surface area contributed by atoms with Crippen LogP contribution in [0.15, 0.2) is 0 Å². The van der Waals surface area contributed by atoms with Gasteiger partial charge >= 0.3 is 0 Å². The summed E-state index contributed by atoms with van der Waals surface area (Å²) in [6.45, 7) is 1.53. The number of halogens is 2. The SMILES string of the molecule is CCOC1CC(C(=O)N2CC(F)(F)CC2CO)C1. The molecule has 0 bridgehead atoms. The fourth-order valence-electron chi connectivity index (χ4n) is 2.69. The van der Waals surface area contributed by atoms with Gasteiger partial charge in [0, 0.05) is 18.9 Å². The Hall–Kier alpha value is -0.750. The zero-order valence-corrected chi connectivity index (χ0v) is 10.4. The number of rotatable bonds is 4. The standard InChI is InChI=1S/C12H19F2NO3/c1-2-18-10-3-8(4-10)11(17)15-7-12(13,14)5-9(15)6-16/h8-10,16H,2-7H2,1H3. The van der Waals surface area contributed by atoms with E-state index in [1.807, 2.05) is 6.92 Å². The highest BCUT2D eigenvalue weighted by molar-refractivity contribution is 5.80. The van der Waals surface area contributed by atoms with Crippen molar-refractivity contribution in [2.75, 3.05) is 19.8 Å². The number of alkyl halides is 2. The fraction of sp³-hybridized carbons (Fsp3) is 0.917. The molecule has 1 saturated carbocycles. The Bertz CT molecular complexity index is 318. The van der Waals surface area contributed by atoms with Gasteiger partial charge in [-0.3, -0.25) is 4.79 Å². The Morgan fingerprint density at radius 2 is 2.17 bits per heavy atom. The summed E-state index contributed by atoms with van der Waals surface area (Å²) >= 11 is 0. The molecule has 1 aliphatic heterocycles. The second-order valence-corrected chi connectivity index (χ2v) is 5.11. The number of hydrogen-bond donors (Lipinski definition) is 1. The molecule has 18 heavy (non-hydrogen) atoms. The average molecular weight is 263 g/mol. The van der Waals surface area contributed by atoms with Crippen molar-refractivity contribution in [3.63, 3.8) is 0 Å². The van der Waals surface area contributed by atoms with E-state index in [0.717, 1.165) is 4.90 Å². The molecule has 1 saturated heterocycles. The van der Waals surface area contributed by atoms with E-state index < -0.39 is 31.5 Å². The molecule has 0 aromatic carbocycles. The molecular formula is C12H19F2NO3. The minimum Gasteiger partial charge on any atom is -0.394 e. The second kappa shape index (κ2) is 5.09. The summed E-state index contributed by atoms with van der Waals surface area (Å²) in [5.41, 5.74) is 0. The topological polar surface area (TPSA) is 49.8 Å². The third-order valence-electron chi connectivity index (χ3n) is 3.72. The minimum atomic E-state index is -2.87. The van der Waals surface area contributed by atoms with Gasteiger partial charge in [0.1, 0.15) is 0 Å². The van der Waals surface area contributed by atoms with Crippen molar-refractivity contribution < 1.29 is 23.4 Å². The van der Waals surface area contributed by atoms with Crippen LogP contribution in [0, 0.1) is 5.92 Å². The second-order valence-electron chi connectivity index (χ2n) is 5.11. The number of aliphatic hydroxyl groups excluding tert-OH is 1. The van der Waals surface area contributed by atoms with Crippen molar-refractivity contribution >= 4 is 5.91 Å². The van der Waals surface area contributed by atoms with Crippen LogP contribution in [0.25, 0.3) is 0 Å². The molecule has 104 valence electrons. The Kier molecular flexibility index (Phi) is 3.87. The van der Waals surface area contributed by atoms with Gasteiger partial charge < -0.3 is 14.7 Å². The molecule has 0 radical (unpaired) electrons. The highest BCUT2D eigenvalue weighted by Crippen LogP contribution is 2.37. The number of likely N-dealkylation sites (tertiary alicyclic amines) is 1. The highest BCUT2D eigenvalue weighted by atomic mass is 19.3. The molecule has 0 aromatic heterocycles. The van der Waals surface area contributed by atoms with Crippen molar-refractivity contribution in [1.82, 2.24) is 4.90 Å². The molecule has 1 aliphatic carbocycles. The van der Waals surface area contributed by atoms with E-state index in [1.54, 1.807) is 0 Å². The van der Waals surface area contributed by atoms with Crippen LogP contribution in [0.1, 0.15) is 26.2 Å². The van der Waals surface area contributed by atoms with Gasteiger partial charge in [-0.2, -0.15) is 0 Å². The largest absolute Gasteiger partial charge is 0.394 e. The number of aliphatic hydroxyl groups is 1. The lowest BCUT2D eigenvalue weighted by Crippen LogP contribution is -2.47. The number of amides is 1. The summed E-state index contributed by atoms with van der Waals surface area (Å²) in [5.74, 6) is -3.35. The number of carbonyl (C=O) groups excluding carboxylic acids is 1. The van der Waals surface area contributed by atoms with Crippen LogP contribution in [0.2, 0.25) is 0 Å². The third-order valence-corrected chi connectivity index (χ3v) is 3.72. The van der Waals surface area contributed by atoms with Crippen molar-refractivity contribution in [1.29, 1.82) is 0 Å². The van der Waals surface area contributed by atoms with Gasteiger partial charge in [0.25, 0.3) is 5.92 Å². The maximum absolute atomic E-state index is 13.2. The lowest BCUT2D eigenvalue weighted by atomic mass is 9.81. The molecule has 2 fully saturated rings. The molecule has 2 aliphatic rings. The zero-order valence-electron chi connectivity index (χ0n) is 10.4. The molecule has 1 atom stereocenters. The van der Waals surface area contributed by atoms with Crippen molar-refractivity contribution in [2.45, 2.75) is 44.3 Å². The lowest BCUT2D eigenvalue weighted by molar-refractivity contribution is -0.147. The van der Waals surface area contributed by atoms with Gasteiger partial charge in [-0.25, -0.2) is 8.78 Å². The number of ether oxygens (including phenoxy) is 1. The van der Waals surface area contributed by atoms with Crippen LogP contribution in [-0.4, -0.2) is 53.7 Å². The normalized spacial score (nSPS) is 34.4. The maximum Gasteiger partial charge on any atom is 0.267 e. The quantitative estimate of drug-likeness (QED) is 0.824. The first kappa shape index (κ1) is 13.7. The van der Waals surface area contributed by atoms with Crippen LogP contribution < -0.4 is 0 Å². The molecule has 1 N–H and O–H groups in total. The molecule has 1 unspecified atom stereocenters. The maximum atomic E-state index is 13.2. The fourth-order valence-corrected chi connectivity index (χ4v) is 2.69. The Balaban J connectivity index is 1.90. The number of nitrogens with zero attached hydrogens (tertiary/aromatic N) is 1. The highest BCUT2D eigenvalue weighted by Gasteiger charge is 2.49. The van der Waals surface area contributed by atoms with Gasteiger partial charge in [-0.1, -0.05) is 0 Å². The first-order chi connectivity index (χ1) is 8.46. The lowest BCUT2D eigenvalue weighted by Gasteiger charge is -2.37. The minimum absolute atomic E-state index is 0.0830. The van der Waals surface area contributed by atoms with Gasteiger partial charge in [0.15, 0.2) is 0 Å². The molecule has 2 rings (SSSR count). The molecule has 6 heteroatoms. The Labute approximate surface area is 105 Å². The summed E-state index contributed by atoms with van der Waals surface area (Å²) < 4.78 is 31.8. The summed E-state index contributed by atoms with van der Waals surface area (Å²) in [5, 5.41) is 9.07. The van der Waals surface area contributed by atoms with Gasteiger partial charge in [0.05, 0.1) is 25.3 Å². The summed E-state index contributed by atoms with van der Waals surface area (Å²) in [4.78, 5) is 13.2. The van der Waals surface area contributed by atoms with Gasteiger partial charge in [-0.15, -0.1) is 0 Å². The van der Waals surface area contributed by atoms with Gasteiger partial charge in [-0.05, 0) is 19.8 Å². The Morgan fingerprint density at radius 3 is 2.72 bits per heavy atom. The molecule has 0 aromatic rings. The van der Waals surface area contributed by atoms with Crippen molar-refractivity contribution in [2.24, 2.45) is 5.92 Å². The average Bonchev–Trinajstić information content (AvgIpc) is 2.57. The zero-order chi connectivity index (χ0) is 13.3. The van der Waals surface area contributed by atoms with E-state index in [1.165, 1.54) is 0 Å². The summed E-state index contributed by atoms with van der Waals surface area (Å²) in [7, 11) is 0. The van der Waals surface area contributed by atoms with Crippen molar-refractivity contribution in [3.8, 4) is 0 Å². The van der Waals surface area contributed by atoms with E-state index in [9.17, 15) is 13.6 Å². The number of hydrogen-bond acceptors (Lipinski definition) is 3. The molecule has 0 spiro atoms. The van der Waals surface area contributed by atoms with Crippen LogP contribution >= 0.6 is 0 Å². The molecule has 1 amide bonds. The Morgan fingerprint density at radius 1 is 1.50 bits per heavy atom. The van der Waals surface area contributed by atoms with Crippen LogP contribution in [0.4, 0.5) is 8.78 Å². The van der Waals surface area contributed by atoms with E-state index in [0.29, 0.717) is 19.4 Å². The van der Waals surface area contributed by atoms with Gasteiger partial charge in [0.2, 0.25) is 5.91 Å². The summed E-state index contributed by atoms with van der Waals surface area (Å²) in [6, 6.07) is -0.737.